The number of rotatable bonds is 8. The van der Waals surface area contributed by atoms with Crippen molar-refractivity contribution in [2.75, 3.05) is 13.2 Å². The highest BCUT2D eigenvalue weighted by atomic mass is 35.5. The van der Waals surface area contributed by atoms with E-state index in [0.717, 1.165) is 48.4 Å². The lowest BCUT2D eigenvalue weighted by atomic mass is 9.86. The van der Waals surface area contributed by atoms with Crippen LogP contribution in [-0.2, 0) is 24.2 Å². The van der Waals surface area contributed by atoms with Gasteiger partial charge in [0.15, 0.2) is 0 Å². The molecule has 5 nitrogen and oxygen atoms in total. The number of nitrogens with zero attached hydrogens (tertiary/aromatic N) is 1. The van der Waals surface area contributed by atoms with Gasteiger partial charge in [-0.1, -0.05) is 67.2 Å². The van der Waals surface area contributed by atoms with Crippen LogP contribution in [0, 0.1) is 5.92 Å². The van der Waals surface area contributed by atoms with Crippen LogP contribution >= 0.6 is 23.2 Å². The van der Waals surface area contributed by atoms with Gasteiger partial charge in [-0.2, -0.15) is 0 Å². The molecular formula is C35H39Cl2NO4. The number of hydrogen-bond donors (Lipinski definition) is 1. The van der Waals surface area contributed by atoms with E-state index in [1.54, 1.807) is 0 Å². The predicted molar refractivity (Wildman–Crippen MR) is 167 cm³/mol. The maximum atomic E-state index is 12.2. The molecule has 3 aromatic rings. The van der Waals surface area contributed by atoms with Gasteiger partial charge in [0.25, 0.3) is 0 Å². The van der Waals surface area contributed by atoms with Crippen LogP contribution in [-0.4, -0.2) is 35.2 Å². The highest BCUT2D eigenvalue weighted by molar-refractivity contribution is 6.42. The summed E-state index contributed by atoms with van der Waals surface area (Å²) >= 11 is 12.4. The summed E-state index contributed by atoms with van der Waals surface area (Å²) in [6.45, 7) is 4.31. The lowest BCUT2D eigenvalue weighted by Gasteiger charge is -2.36. The first-order chi connectivity index (χ1) is 20.4. The number of fused-ring (bicyclic) bond motifs is 2. The topological polar surface area (TPSA) is 59.0 Å². The van der Waals surface area contributed by atoms with Crippen LogP contribution in [0.5, 0.6) is 11.5 Å². The van der Waals surface area contributed by atoms with E-state index in [9.17, 15) is 9.90 Å². The van der Waals surface area contributed by atoms with E-state index in [0.29, 0.717) is 41.5 Å². The first-order valence-electron chi connectivity index (χ1n) is 15.3. The summed E-state index contributed by atoms with van der Waals surface area (Å²) in [4.78, 5) is 14.4. The molecule has 2 aliphatic heterocycles. The average molecular weight is 609 g/mol. The Hall–Kier alpha value is -2.73. The minimum absolute atomic E-state index is 0.107. The maximum Gasteiger partial charge on any atom is 0.321 e. The molecule has 0 spiro atoms. The Bertz CT molecular complexity index is 1420. The zero-order chi connectivity index (χ0) is 29.2. The molecule has 6 rings (SSSR count). The molecule has 222 valence electrons. The molecule has 42 heavy (non-hydrogen) atoms. The van der Waals surface area contributed by atoms with E-state index in [-0.39, 0.29) is 6.10 Å². The monoisotopic (exact) mass is 607 g/mol. The summed E-state index contributed by atoms with van der Waals surface area (Å²) in [6.07, 6.45) is 8.03. The van der Waals surface area contributed by atoms with E-state index in [1.807, 2.05) is 18.2 Å². The zero-order valence-corrected chi connectivity index (χ0v) is 25.7. The fourth-order valence-electron chi connectivity index (χ4n) is 7.02. The quantitative estimate of drug-likeness (QED) is 0.278. The van der Waals surface area contributed by atoms with Gasteiger partial charge in [-0.15, -0.1) is 0 Å². The summed E-state index contributed by atoms with van der Waals surface area (Å²) in [5.41, 5.74) is 5.87. The smallest absolute Gasteiger partial charge is 0.321 e. The molecule has 7 heteroatoms. The van der Waals surface area contributed by atoms with Crippen molar-refractivity contribution in [2.24, 2.45) is 5.92 Å². The second kappa shape index (κ2) is 12.9. The van der Waals surface area contributed by atoms with Crippen molar-refractivity contribution >= 4 is 29.2 Å². The molecule has 2 heterocycles. The molecule has 1 aliphatic carbocycles. The molecule has 3 aromatic carbocycles. The Kier molecular flexibility index (Phi) is 8.99. The Labute approximate surface area is 258 Å². The number of hydrogen-bond acceptors (Lipinski definition) is 4. The molecule has 1 N–H and O–H groups in total. The van der Waals surface area contributed by atoms with Crippen molar-refractivity contribution in [1.82, 2.24) is 4.90 Å². The SMILES string of the molecule is CC[C@@H](Oc1ccc([C@@H]2CCOc3cc4c(cc3C2)CN(CC2CCCC2)[C@H](C(=O)O)C4)cc1)c1ccc(Cl)c(Cl)c1. The number of carbonyl (C=O) groups is 1. The number of aliphatic carboxylic acids is 1. The van der Waals surface area contributed by atoms with E-state index < -0.39 is 12.0 Å². The minimum Gasteiger partial charge on any atom is -0.493 e. The molecular weight excluding hydrogens is 569 g/mol. The van der Waals surface area contributed by atoms with E-state index in [1.165, 1.54) is 42.4 Å². The fourth-order valence-corrected chi connectivity index (χ4v) is 7.33. The van der Waals surface area contributed by atoms with Gasteiger partial charge in [0.05, 0.1) is 16.7 Å². The molecule has 1 fully saturated rings. The molecule has 0 bridgehead atoms. The van der Waals surface area contributed by atoms with Crippen molar-refractivity contribution in [1.29, 1.82) is 0 Å². The Balaban J connectivity index is 1.17. The number of halogens is 2. The standard InChI is InChI=1S/C35H39Cl2NO4/c1-2-33(25-9-12-30(36)31(37)17-25)42-29-10-7-23(8-11-29)24-13-14-41-34-19-26-18-32(35(39)40)38(20-22-5-3-4-6-22)21-28(26)16-27(34)15-24/h7-12,16-17,19,22,24,32-33H,2-6,13-15,18,20-21H2,1H3,(H,39,40)/t24-,32+,33-/m1/s1. The second-order valence-electron chi connectivity index (χ2n) is 12.2. The summed E-state index contributed by atoms with van der Waals surface area (Å²) in [6, 6.07) is 18.1. The van der Waals surface area contributed by atoms with Crippen molar-refractivity contribution in [2.45, 2.75) is 82.9 Å². The molecule has 0 amide bonds. The zero-order valence-electron chi connectivity index (χ0n) is 24.2. The minimum atomic E-state index is -0.718. The van der Waals surface area contributed by atoms with Gasteiger partial charge in [0, 0.05) is 13.1 Å². The fraction of sp³-hybridized carbons (Fsp3) is 0.457. The van der Waals surface area contributed by atoms with Gasteiger partial charge in [-0.3, -0.25) is 9.69 Å². The number of benzene rings is 3. The van der Waals surface area contributed by atoms with Crippen LogP contribution in [0.25, 0.3) is 0 Å². The average Bonchev–Trinajstić information content (AvgIpc) is 3.41. The molecule has 1 saturated carbocycles. The van der Waals surface area contributed by atoms with Crippen molar-refractivity contribution in [3.05, 3.63) is 92.5 Å². The Morgan fingerprint density at radius 1 is 0.976 bits per heavy atom. The molecule has 3 aliphatic rings. The molecule has 0 aromatic heterocycles. The van der Waals surface area contributed by atoms with Crippen LogP contribution in [0.3, 0.4) is 0 Å². The van der Waals surface area contributed by atoms with Crippen molar-refractivity contribution < 1.29 is 19.4 Å². The third-order valence-electron chi connectivity index (χ3n) is 9.37. The summed E-state index contributed by atoms with van der Waals surface area (Å²) < 4.78 is 12.6. The van der Waals surface area contributed by atoms with Crippen molar-refractivity contribution in [3.8, 4) is 11.5 Å². The highest BCUT2D eigenvalue weighted by Gasteiger charge is 2.34. The maximum absolute atomic E-state index is 12.2. The van der Waals surface area contributed by atoms with Gasteiger partial charge in [-0.05, 0) is 109 Å². The lowest BCUT2D eigenvalue weighted by Crippen LogP contribution is -2.47. The van der Waals surface area contributed by atoms with Crippen molar-refractivity contribution in [3.63, 3.8) is 0 Å². The third-order valence-corrected chi connectivity index (χ3v) is 10.1. The first-order valence-corrected chi connectivity index (χ1v) is 16.1. The Morgan fingerprint density at radius 2 is 1.76 bits per heavy atom. The van der Waals surface area contributed by atoms with Crippen LogP contribution in [0.1, 0.15) is 85.3 Å². The largest absolute Gasteiger partial charge is 0.493 e. The molecule has 0 saturated heterocycles. The normalized spacial score (nSPS) is 21.6. The molecule has 0 radical (unpaired) electrons. The van der Waals surface area contributed by atoms with E-state index in [4.69, 9.17) is 32.7 Å². The first kappa shape index (κ1) is 29.3. The number of carboxylic acid groups (broad SMARTS) is 1. The van der Waals surface area contributed by atoms with Gasteiger partial charge in [0.2, 0.25) is 0 Å². The van der Waals surface area contributed by atoms with Crippen LogP contribution in [0.15, 0.2) is 54.6 Å². The third kappa shape index (κ3) is 6.44. The van der Waals surface area contributed by atoms with Gasteiger partial charge in [0.1, 0.15) is 23.6 Å². The molecule has 3 atom stereocenters. The van der Waals surface area contributed by atoms with Gasteiger partial charge >= 0.3 is 5.97 Å². The van der Waals surface area contributed by atoms with E-state index >= 15 is 0 Å². The summed E-state index contributed by atoms with van der Waals surface area (Å²) in [5.74, 6) is 1.97. The van der Waals surface area contributed by atoms with Gasteiger partial charge in [-0.25, -0.2) is 0 Å². The highest BCUT2D eigenvalue weighted by Crippen LogP contribution is 2.38. The summed E-state index contributed by atoms with van der Waals surface area (Å²) in [5, 5.41) is 11.1. The predicted octanol–water partition coefficient (Wildman–Crippen LogP) is 8.63. The van der Waals surface area contributed by atoms with E-state index in [2.05, 4.69) is 48.2 Å². The summed E-state index contributed by atoms with van der Waals surface area (Å²) in [7, 11) is 0. The number of ether oxygens (including phenoxy) is 2. The second-order valence-corrected chi connectivity index (χ2v) is 13.0. The van der Waals surface area contributed by atoms with Crippen LogP contribution < -0.4 is 9.47 Å². The number of carboxylic acids is 1. The van der Waals surface area contributed by atoms with Crippen LogP contribution in [0.2, 0.25) is 10.0 Å². The van der Waals surface area contributed by atoms with Gasteiger partial charge < -0.3 is 14.6 Å². The Morgan fingerprint density at radius 3 is 2.48 bits per heavy atom. The molecule has 0 unspecified atom stereocenters. The van der Waals surface area contributed by atoms with Crippen LogP contribution in [0.4, 0.5) is 0 Å². The lowest BCUT2D eigenvalue weighted by molar-refractivity contribution is -0.144.